The maximum absolute atomic E-state index is 11.9. The number of nitrogens with zero attached hydrogens (tertiary/aromatic N) is 1. The van der Waals surface area contributed by atoms with Gasteiger partial charge in [0.25, 0.3) is 0 Å². The van der Waals surface area contributed by atoms with Gasteiger partial charge in [-0.2, -0.15) is 0 Å². The summed E-state index contributed by atoms with van der Waals surface area (Å²) in [6, 6.07) is -0.923. The molecule has 0 aliphatic heterocycles. The molecule has 0 radical (unpaired) electrons. The number of rotatable bonds is 3. The zero-order valence-electron chi connectivity index (χ0n) is 11.7. The predicted octanol–water partition coefficient (Wildman–Crippen LogP) is 2.07. The first-order valence-corrected chi connectivity index (χ1v) is 6.49. The fourth-order valence-electron chi connectivity index (χ4n) is 2.29. The highest BCUT2D eigenvalue weighted by Crippen LogP contribution is 2.36. The SMILES string of the molecule is CC(NC(=O)N(C)C1CCC(C)(C)CC1)C(=O)O. The summed E-state index contributed by atoms with van der Waals surface area (Å²) < 4.78 is 0. The standard InChI is InChI=1S/C13H24N2O3/c1-9(11(16)17)14-12(18)15(4)10-5-7-13(2,3)8-6-10/h9-10H,5-8H2,1-4H3,(H,14,18)(H,16,17). The molecule has 1 unspecified atom stereocenters. The van der Waals surface area contributed by atoms with Crippen molar-refractivity contribution in [2.75, 3.05) is 7.05 Å². The first-order valence-electron chi connectivity index (χ1n) is 6.49. The summed E-state index contributed by atoms with van der Waals surface area (Å²) in [4.78, 5) is 24.2. The number of hydrogen-bond donors (Lipinski definition) is 2. The van der Waals surface area contributed by atoms with Gasteiger partial charge in [-0.1, -0.05) is 13.8 Å². The largest absolute Gasteiger partial charge is 0.480 e. The normalized spacial score (nSPS) is 21.1. The van der Waals surface area contributed by atoms with Gasteiger partial charge in [0.05, 0.1) is 0 Å². The molecule has 0 aromatic carbocycles. The second kappa shape index (κ2) is 5.59. The number of carboxylic acids is 1. The summed E-state index contributed by atoms with van der Waals surface area (Å²) in [6.07, 6.45) is 4.17. The van der Waals surface area contributed by atoms with Crippen molar-refractivity contribution in [3.05, 3.63) is 0 Å². The number of aliphatic carboxylic acids is 1. The molecule has 18 heavy (non-hydrogen) atoms. The van der Waals surface area contributed by atoms with Gasteiger partial charge in [0.1, 0.15) is 6.04 Å². The summed E-state index contributed by atoms with van der Waals surface area (Å²) in [5.74, 6) is -1.01. The third kappa shape index (κ3) is 3.89. The van der Waals surface area contributed by atoms with Crippen LogP contribution in [-0.2, 0) is 4.79 Å². The number of amides is 2. The van der Waals surface area contributed by atoms with E-state index in [1.54, 1.807) is 11.9 Å². The number of urea groups is 1. The Bertz CT molecular complexity index is 318. The second-order valence-corrected chi connectivity index (χ2v) is 6.02. The van der Waals surface area contributed by atoms with Crippen molar-refractivity contribution in [2.45, 2.75) is 58.5 Å². The van der Waals surface area contributed by atoms with Crippen LogP contribution in [0.2, 0.25) is 0 Å². The average Bonchev–Trinajstić information content (AvgIpc) is 2.27. The molecular formula is C13H24N2O3. The van der Waals surface area contributed by atoms with E-state index in [0.29, 0.717) is 5.41 Å². The van der Waals surface area contributed by atoms with E-state index < -0.39 is 12.0 Å². The minimum atomic E-state index is -1.01. The van der Waals surface area contributed by atoms with Crippen LogP contribution in [0.3, 0.4) is 0 Å². The van der Waals surface area contributed by atoms with E-state index in [-0.39, 0.29) is 12.1 Å². The Morgan fingerprint density at radius 2 is 1.83 bits per heavy atom. The van der Waals surface area contributed by atoms with Crippen LogP contribution in [-0.4, -0.2) is 41.1 Å². The Balaban J connectivity index is 2.47. The lowest BCUT2D eigenvalue weighted by Crippen LogP contribution is -2.49. The fourth-order valence-corrected chi connectivity index (χ4v) is 2.29. The van der Waals surface area contributed by atoms with E-state index in [0.717, 1.165) is 25.7 Å². The maximum atomic E-state index is 11.9. The highest BCUT2D eigenvalue weighted by Gasteiger charge is 2.31. The molecule has 0 spiro atoms. The Labute approximate surface area is 109 Å². The predicted molar refractivity (Wildman–Crippen MR) is 69.4 cm³/mol. The topological polar surface area (TPSA) is 69.6 Å². The molecule has 5 heteroatoms. The number of nitrogens with one attached hydrogen (secondary N) is 1. The molecular weight excluding hydrogens is 232 g/mol. The summed E-state index contributed by atoms with van der Waals surface area (Å²) in [5.41, 5.74) is 0.363. The van der Waals surface area contributed by atoms with E-state index in [1.807, 2.05) is 0 Å². The monoisotopic (exact) mass is 256 g/mol. The van der Waals surface area contributed by atoms with Crippen LogP contribution >= 0.6 is 0 Å². The Morgan fingerprint density at radius 3 is 2.28 bits per heavy atom. The lowest BCUT2D eigenvalue weighted by atomic mass is 9.75. The van der Waals surface area contributed by atoms with Crippen molar-refractivity contribution in [1.29, 1.82) is 0 Å². The van der Waals surface area contributed by atoms with Crippen LogP contribution in [0.5, 0.6) is 0 Å². The summed E-state index contributed by atoms with van der Waals surface area (Å²) in [6.45, 7) is 5.96. The molecule has 5 nitrogen and oxygen atoms in total. The van der Waals surface area contributed by atoms with E-state index in [1.165, 1.54) is 6.92 Å². The zero-order chi connectivity index (χ0) is 13.9. The first-order chi connectivity index (χ1) is 8.23. The Hall–Kier alpha value is -1.26. The van der Waals surface area contributed by atoms with E-state index >= 15 is 0 Å². The molecule has 104 valence electrons. The highest BCUT2D eigenvalue weighted by atomic mass is 16.4. The van der Waals surface area contributed by atoms with Crippen LogP contribution in [0.4, 0.5) is 4.79 Å². The van der Waals surface area contributed by atoms with Gasteiger partial charge in [-0.25, -0.2) is 4.79 Å². The van der Waals surface area contributed by atoms with Crippen LogP contribution in [0.15, 0.2) is 0 Å². The minimum Gasteiger partial charge on any atom is -0.480 e. The van der Waals surface area contributed by atoms with Crippen LogP contribution in [0.1, 0.15) is 46.5 Å². The maximum Gasteiger partial charge on any atom is 0.325 e. The van der Waals surface area contributed by atoms with Gasteiger partial charge in [-0.15, -0.1) is 0 Å². The van der Waals surface area contributed by atoms with Crippen molar-refractivity contribution >= 4 is 12.0 Å². The minimum absolute atomic E-state index is 0.221. The summed E-state index contributed by atoms with van der Waals surface area (Å²) in [5, 5.41) is 11.2. The molecule has 1 aliphatic rings. The van der Waals surface area contributed by atoms with Crippen molar-refractivity contribution in [3.63, 3.8) is 0 Å². The number of hydrogen-bond acceptors (Lipinski definition) is 2. The number of carbonyl (C=O) groups is 2. The summed E-state index contributed by atoms with van der Waals surface area (Å²) >= 11 is 0. The highest BCUT2D eigenvalue weighted by molar-refractivity contribution is 5.82. The average molecular weight is 256 g/mol. The van der Waals surface area contributed by atoms with Gasteiger partial charge in [0, 0.05) is 13.1 Å². The molecule has 2 N–H and O–H groups in total. The van der Waals surface area contributed by atoms with E-state index in [4.69, 9.17) is 5.11 Å². The number of carbonyl (C=O) groups excluding carboxylic acids is 1. The molecule has 0 saturated heterocycles. The van der Waals surface area contributed by atoms with Gasteiger partial charge < -0.3 is 15.3 Å². The van der Waals surface area contributed by atoms with Gasteiger partial charge >= 0.3 is 12.0 Å². The van der Waals surface area contributed by atoms with Crippen LogP contribution < -0.4 is 5.32 Å². The lowest BCUT2D eigenvalue weighted by Gasteiger charge is -2.38. The molecule has 0 aromatic heterocycles. The van der Waals surface area contributed by atoms with Crippen molar-refractivity contribution in [1.82, 2.24) is 10.2 Å². The molecule has 0 heterocycles. The molecule has 1 saturated carbocycles. The molecule has 0 aromatic rings. The first kappa shape index (κ1) is 14.8. The molecule has 0 bridgehead atoms. The van der Waals surface area contributed by atoms with Gasteiger partial charge in [0.15, 0.2) is 0 Å². The molecule has 1 fully saturated rings. The van der Waals surface area contributed by atoms with Crippen LogP contribution in [0.25, 0.3) is 0 Å². The zero-order valence-corrected chi connectivity index (χ0v) is 11.7. The van der Waals surface area contributed by atoms with E-state index in [2.05, 4.69) is 19.2 Å². The number of carboxylic acid groups (broad SMARTS) is 1. The van der Waals surface area contributed by atoms with Crippen molar-refractivity contribution < 1.29 is 14.7 Å². The van der Waals surface area contributed by atoms with Crippen molar-refractivity contribution in [2.24, 2.45) is 5.41 Å². The Morgan fingerprint density at radius 1 is 1.33 bits per heavy atom. The third-order valence-corrected chi connectivity index (χ3v) is 3.89. The van der Waals surface area contributed by atoms with Gasteiger partial charge in [0.2, 0.25) is 0 Å². The smallest absolute Gasteiger partial charge is 0.325 e. The van der Waals surface area contributed by atoms with Crippen molar-refractivity contribution in [3.8, 4) is 0 Å². The second-order valence-electron chi connectivity index (χ2n) is 6.02. The van der Waals surface area contributed by atoms with Gasteiger partial charge in [-0.3, -0.25) is 4.79 Å². The third-order valence-electron chi connectivity index (χ3n) is 3.89. The summed E-state index contributed by atoms with van der Waals surface area (Å²) in [7, 11) is 1.74. The molecule has 1 aliphatic carbocycles. The Kier molecular flexibility index (Phi) is 4.59. The molecule has 2 amide bonds. The molecule has 1 atom stereocenters. The fraction of sp³-hybridized carbons (Fsp3) is 0.846. The molecule has 1 rings (SSSR count). The van der Waals surface area contributed by atoms with Crippen LogP contribution in [0, 0.1) is 5.41 Å². The quantitative estimate of drug-likeness (QED) is 0.812. The van der Waals surface area contributed by atoms with Gasteiger partial charge in [-0.05, 0) is 38.0 Å². The van der Waals surface area contributed by atoms with E-state index in [9.17, 15) is 9.59 Å². The lowest BCUT2D eigenvalue weighted by molar-refractivity contribution is -0.138.